The first-order chi connectivity index (χ1) is 7.11. The highest BCUT2D eigenvalue weighted by atomic mass is 35.5. The average Bonchev–Trinajstić information content (AvgIpc) is 2.18. The van der Waals surface area contributed by atoms with Crippen LogP contribution in [-0.4, -0.2) is 19.3 Å². The minimum absolute atomic E-state index is 0.129. The Morgan fingerprint density at radius 2 is 2.20 bits per heavy atom. The van der Waals surface area contributed by atoms with E-state index in [4.69, 9.17) is 16.3 Å². The Morgan fingerprint density at radius 3 is 2.87 bits per heavy atom. The molecule has 0 heterocycles. The molecule has 4 heteroatoms. The third-order valence-electron chi connectivity index (χ3n) is 1.82. The van der Waals surface area contributed by atoms with Crippen LogP contribution < -0.4 is 5.32 Å². The van der Waals surface area contributed by atoms with E-state index in [1.165, 1.54) is 6.07 Å². The summed E-state index contributed by atoms with van der Waals surface area (Å²) in [7, 11) is 0. The zero-order chi connectivity index (χ0) is 11.3. The van der Waals surface area contributed by atoms with Crippen LogP contribution in [0, 0.1) is 5.82 Å². The van der Waals surface area contributed by atoms with Crippen molar-refractivity contribution < 1.29 is 9.13 Å². The predicted octanol–water partition coefficient (Wildman–Crippen LogP) is 3.32. The summed E-state index contributed by atoms with van der Waals surface area (Å²) in [5, 5.41) is 3.05. The van der Waals surface area contributed by atoms with E-state index in [0.717, 1.165) is 0 Å². The highest BCUT2D eigenvalue weighted by molar-refractivity contribution is 6.31. The number of halogens is 2. The summed E-state index contributed by atoms with van der Waals surface area (Å²) in [4.78, 5) is 0. The Labute approximate surface area is 94.4 Å². The minimum Gasteiger partial charge on any atom is -0.380 e. The zero-order valence-corrected chi connectivity index (χ0v) is 9.64. The van der Waals surface area contributed by atoms with Crippen LogP contribution >= 0.6 is 11.6 Å². The van der Waals surface area contributed by atoms with E-state index in [-0.39, 0.29) is 11.1 Å². The fraction of sp³-hybridized carbons (Fsp3) is 0.455. The third kappa shape index (κ3) is 4.06. The van der Waals surface area contributed by atoms with Crippen molar-refractivity contribution in [2.24, 2.45) is 0 Å². The molecule has 0 bridgehead atoms. The van der Waals surface area contributed by atoms with Crippen molar-refractivity contribution in [3.05, 3.63) is 29.0 Å². The second kappa shape index (κ2) is 5.93. The van der Waals surface area contributed by atoms with Gasteiger partial charge in [-0.05, 0) is 26.0 Å². The lowest BCUT2D eigenvalue weighted by Gasteiger charge is -2.10. The smallest absolute Gasteiger partial charge is 0.164 e. The van der Waals surface area contributed by atoms with Gasteiger partial charge in [0.1, 0.15) is 0 Å². The molecular formula is C11H15ClFNO. The number of hydrogen-bond acceptors (Lipinski definition) is 2. The van der Waals surface area contributed by atoms with Crippen molar-refractivity contribution in [1.29, 1.82) is 0 Å². The second-order valence-electron chi connectivity index (χ2n) is 3.45. The van der Waals surface area contributed by atoms with Gasteiger partial charge in [0.25, 0.3) is 0 Å². The Hall–Kier alpha value is -0.800. The molecule has 1 rings (SSSR count). The molecule has 0 aliphatic carbocycles. The molecule has 1 N–H and O–H groups in total. The lowest BCUT2D eigenvalue weighted by Crippen LogP contribution is -2.13. The van der Waals surface area contributed by atoms with Crippen molar-refractivity contribution in [3.8, 4) is 0 Å². The van der Waals surface area contributed by atoms with E-state index in [9.17, 15) is 4.39 Å². The maximum atomic E-state index is 13.4. The summed E-state index contributed by atoms with van der Waals surface area (Å²) in [5.41, 5.74) is 0.412. The second-order valence-corrected chi connectivity index (χ2v) is 3.85. The van der Waals surface area contributed by atoms with Gasteiger partial charge in [0.2, 0.25) is 0 Å². The fourth-order valence-electron chi connectivity index (χ4n) is 1.12. The van der Waals surface area contributed by atoms with Crippen LogP contribution in [0.15, 0.2) is 18.2 Å². The fourth-order valence-corrected chi connectivity index (χ4v) is 1.30. The number of ether oxygens (including phenoxy) is 1. The summed E-state index contributed by atoms with van der Waals surface area (Å²) < 4.78 is 18.7. The predicted molar refractivity (Wildman–Crippen MR) is 61.0 cm³/mol. The minimum atomic E-state index is -0.413. The summed E-state index contributed by atoms with van der Waals surface area (Å²) in [6, 6.07) is 4.88. The van der Waals surface area contributed by atoms with Gasteiger partial charge in [-0.2, -0.15) is 0 Å². The number of nitrogens with one attached hydrogen (secondary N) is 1. The van der Waals surface area contributed by atoms with E-state index < -0.39 is 5.82 Å². The number of anilines is 1. The molecule has 15 heavy (non-hydrogen) atoms. The number of rotatable bonds is 5. The Morgan fingerprint density at radius 1 is 1.47 bits per heavy atom. The van der Waals surface area contributed by atoms with Gasteiger partial charge in [0.05, 0.1) is 23.4 Å². The SMILES string of the molecule is CC(C)OCCNc1cccc(Cl)c1F. The lowest BCUT2D eigenvalue weighted by atomic mass is 10.3. The van der Waals surface area contributed by atoms with Crippen molar-refractivity contribution >= 4 is 17.3 Å². The molecule has 0 saturated heterocycles. The van der Waals surface area contributed by atoms with E-state index in [1.807, 2.05) is 13.8 Å². The molecular weight excluding hydrogens is 217 g/mol. The molecule has 0 aliphatic heterocycles. The topological polar surface area (TPSA) is 21.3 Å². The first kappa shape index (κ1) is 12.3. The summed E-state index contributed by atoms with van der Waals surface area (Å²) in [5.74, 6) is -0.413. The lowest BCUT2D eigenvalue weighted by molar-refractivity contribution is 0.0870. The van der Waals surface area contributed by atoms with Crippen molar-refractivity contribution in [1.82, 2.24) is 0 Å². The quantitative estimate of drug-likeness (QED) is 0.785. The van der Waals surface area contributed by atoms with Gasteiger partial charge in [-0.1, -0.05) is 17.7 Å². The van der Waals surface area contributed by atoms with Crippen molar-refractivity contribution in [3.63, 3.8) is 0 Å². The molecule has 0 spiro atoms. The maximum Gasteiger partial charge on any atom is 0.164 e. The Bertz CT molecular complexity index is 317. The Balaban J connectivity index is 2.41. The van der Waals surface area contributed by atoms with Crippen LogP contribution in [0.2, 0.25) is 5.02 Å². The van der Waals surface area contributed by atoms with Gasteiger partial charge in [0.15, 0.2) is 5.82 Å². The molecule has 1 aromatic rings. The monoisotopic (exact) mass is 231 g/mol. The average molecular weight is 232 g/mol. The van der Waals surface area contributed by atoms with Crippen LogP contribution in [0.1, 0.15) is 13.8 Å². The standard InChI is InChI=1S/C11H15ClFNO/c1-8(2)15-7-6-14-10-5-3-4-9(12)11(10)13/h3-5,8,14H,6-7H2,1-2H3. The van der Waals surface area contributed by atoms with Gasteiger partial charge in [-0.3, -0.25) is 0 Å². The molecule has 0 aliphatic rings. The van der Waals surface area contributed by atoms with Gasteiger partial charge in [-0.25, -0.2) is 4.39 Å². The van der Waals surface area contributed by atoms with Crippen molar-refractivity contribution in [2.75, 3.05) is 18.5 Å². The van der Waals surface area contributed by atoms with E-state index in [1.54, 1.807) is 12.1 Å². The van der Waals surface area contributed by atoms with Crippen LogP contribution in [0.3, 0.4) is 0 Å². The first-order valence-corrected chi connectivity index (χ1v) is 5.28. The first-order valence-electron chi connectivity index (χ1n) is 4.90. The van der Waals surface area contributed by atoms with E-state index >= 15 is 0 Å². The highest BCUT2D eigenvalue weighted by Gasteiger charge is 2.04. The molecule has 0 fully saturated rings. The zero-order valence-electron chi connectivity index (χ0n) is 8.89. The van der Waals surface area contributed by atoms with Crippen LogP contribution in [-0.2, 0) is 4.74 Å². The molecule has 0 unspecified atom stereocenters. The normalized spacial score (nSPS) is 10.7. The molecule has 1 aromatic carbocycles. The van der Waals surface area contributed by atoms with Gasteiger partial charge in [-0.15, -0.1) is 0 Å². The van der Waals surface area contributed by atoms with Gasteiger partial charge in [0, 0.05) is 6.54 Å². The number of hydrogen-bond donors (Lipinski definition) is 1. The summed E-state index contributed by atoms with van der Waals surface area (Å²) in [6.07, 6.45) is 0.191. The van der Waals surface area contributed by atoms with Crippen LogP contribution in [0.25, 0.3) is 0 Å². The van der Waals surface area contributed by atoms with Crippen LogP contribution in [0.4, 0.5) is 10.1 Å². The van der Waals surface area contributed by atoms with Gasteiger partial charge < -0.3 is 10.1 Å². The Kier molecular flexibility index (Phi) is 4.85. The van der Waals surface area contributed by atoms with E-state index in [2.05, 4.69) is 5.32 Å². The highest BCUT2D eigenvalue weighted by Crippen LogP contribution is 2.21. The molecule has 2 nitrogen and oxygen atoms in total. The molecule has 0 amide bonds. The molecule has 0 saturated carbocycles. The summed E-state index contributed by atoms with van der Waals surface area (Å²) in [6.45, 7) is 5.03. The molecule has 0 atom stereocenters. The summed E-state index contributed by atoms with van der Waals surface area (Å²) >= 11 is 5.63. The van der Waals surface area contributed by atoms with Gasteiger partial charge >= 0.3 is 0 Å². The maximum absolute atomic E-state index is 13.4. The van der Waals surface area contributed by atoms with Crippen LogP contribution in [0.5, 0.6) is 0 Å². The molecule has 0 radical (unpaired) electrons. The third-order valence-corrected chi connectivity index (χ3v) is 2.11. The van der Waals surface area contributed by atoms with Crippen molar-refractivity contribution in [2.45, 2.75) is 20.0 Å². The largest absolute Gasteiger partial charge is 0.380 e. The number of benzene rings is 1. The molecule has 84 valence electrons. The molecule has 0 aromatic heterocycles. The van der Waals surface area contributed by atoms with E-state index in [0.29, 0.717) is 18.8 Å².